The first-order chi connectivity index (χ1) is 9.10. The third kappa shape index (κ3) is 2.30. The maximum atomic E-state index is 12.2. The summed E-state index contributed by atoms with van der Waals surface area (Å²) in [6, 6.07) is 8.25. The minimum absolute atomic E-state index is 0.105. The topological polar surface area (TPSA) is 78.7 Å². The van der Waals surface area contributed by atoms with Gasteiger partial charge in [-0.25, -0.2) is 9.36 Å². The lowest BCUT2D eigenvalue weighted by atomic mass is 10.3. The van der Waals surface area contributed by atoms with Gasteiger partial charge < -0.3 is 4.98 Å². The first-order valence-electron chi connectivity index (χ1n) is 5.18. The van der Waals surface area contributed by atoms with E-state index in [9.17, 15) is 9.59 Å². The predicted octanol–water partition coefficient (Wildman–Crippen LogP) is 1.77. The van der Waals surface area contributed by atoms with Crippen molar-refractivity contribution in [3.05, 3.63) is 55.7 Å². The van der Waals surface area contributed by atoms with E-state index >= 15 is 0 Å². The van der Waals surface area contributed by atoms with Crippen molar-refractivity contribution in [2.75, 3.05) is 6.26 Å². The van der Waals surface area contributed by atoms with Crippen LogP contribution < -0.4 is 11.2 Å². The zero-order valence-corrected chi connectivity index (χ0v) is 11.4. The summed E-state index contributed by atoms with van der Waals surface area (Å²) in [6.45, 7) is 0. The van der Waals surface area contributed by atoms with Crippen LogP contribution in [-0.2, 0) is 0 Å². The number of nitriles is 1. The van der Waals surface area contributed by atoms with Gasteiger partial charge in [-0.05, 0) is 18.4 Å². The molecular weight excluding hydrogens is 286 g/mol. The van der Waals surface area contributed by atoms with Crippen LogP contribution in [0.3, 0.4) is 0 Å². The van der Waals surface area contributed by atoms with Crippen molar-refractivity contribution in [3.8, 4) is 11.8 Å². The molecular formula is C12H8ClN3O2S. The second kappa shape index (κ2) is 5.34. The number of hydrogen-bond acceptors (Lipinski definition) is 4. The molecule has 96 valence electrons. The van der Waals surface area contributed by atoms with E-state index in [1.165, 1.54) is 0 Å². The number of aromatic amines is 1. The van der Waals surface area contributed by atoms with Crippen molar-refractivity contribution in [2.45, 2.75) is 5.03 Å². The maximum absolute atomic E-state index is 12.2. The van der Waals surface area contributed by atoms with Gasteiger partial charge in [0, 0.05) is 0 Å². The fourth-order valence-electron chi connectivity index (χ4n) is 1.62. The number of H-pyrrole nitrogens is 1. The molecule has 0 fully saturated rings. The van der Waals surface area contributed by atoms with E-state index in [1.807, 2.05) is 0 Å². The first kappa shape index (κ1) is 13.5. The van der Waals surface area contributed by atoms with Gasteiger partial charge in [-0.1, -0.05) is 23.7 Å². The Kier molecular flexibility index (Phi) is 3.79. The summed E-state index contributed by atoms with van der Waals surface area (Å²) in [4.78, 5) is 26.7. The first-order valence-corrected chi connectivity index (χ1v) is 6.78. The molecule has 0 aliphatic heterocycles. The molecule has 0 amide bonds. The molecule has 0 aliphatic rings. The molecule has 2 rings (SSSR count). The average Bonchev–Trinajstić information content (AvgIpc) is 2.40. The van der Waals surface area contributed by atoms with E-state index in [1.54, 1.807) is 36.6 Å². The monoisotopic (exact) mass is 293 g/mol. The highest BCUT2D eigenvalue weighted by Gasteiger charge is 2.15. The summed E-state index contributed by atoms with van der Waals surface area (Å²) in [5, 5.41) is 9.54. The van der Waals surface area contributed by atoms with Crippen LogP contribution >= 0.6 is 23.4 Å². The highest BCUT2D eigenvalue weighted by atomic mass is 35.5. The normalized spacial score (nSPS) is 10.2. The molecule has 0 aliphatic carbocycles. The van der Waals surface area contributed by atoms with E-state index in [2.05, 4.69) is 4.98 Å². The molecule has 0 atom stereocenters. The minimum atomic E-state index is -0.677. The fourth-order valence-corrected chi connectivity index (χ4v) is 2.37. The lowest BCUT2D eigenvalue weighted by Gasteiger charge is -2.08. The molecule has 0 bridgehead atoms. The van der Waals surface area contributed by atoms with Crippen molar-refractivity contribution in [1.29, 1.82) is 5.26 Å². The zero-order chi connectivity index (χ0) is 14.0. The van der Waals surface area contributed by atoms with Gasteiger partial charge >= 0.3 is 5.69 Å². The van der Waals surface area contributed by atoms with Gasteiger partial charge in [0.1, 0.15) is 11.6 Å². The summed E-state index contributed by atoms with van der Waals surface area (Å²) in [6.07, 6.45) is 1.67. The Hall–Kier alpha value is -1.97. The number of halogens is 1. The average molecular weight is 294 g/mol. The molecule has 0 saturated heterocycles. The fraction of sp³-hybridized carbons (Fsp3) is 0.0833. The summed E-state index contributed by atoms with van der Waals surface area (Å²) in [5.74, 6) is 0. The summed E-state index contributed by atoms with van der Waals surface area (Å²) < 4.78 is 0.862. The Bertz CT molecular complexity index is 789. The molecule has 0 radical (unpaired) electrons. The Morgan fingerprint density at radius 2 is 2.05 bits per heavy atom. The number of benzene rings is 1. The van der Waals surface area contributed by atoms with E-state index < -0.39 is 11.2 Å². The van der Waals surface area contributed by atoms with Gasteiger partial charge in [0.15, 0.2) is 0 Å². The summed E-state index contributed by atoms with van der Waals surface area (Å²) in [7, 11) is 0. The Balaban J connectivity index is 2.88. The quantitative estimate of drug-likeness (QED) is 0.676. The van der Waals surface area contributed by atoms with Crippen molar-refractivity contribution >= 4 is 23.4 Å². The van der Waals surface area contributed by atoms with Gasteiger partial charge in [0.05, 0.1) is 15.7 Å². The third-order valence-corrected chi connectivity index (χ3v) is 3.51. The van der Waals surface area contributed by atoms with Crippen LogP contribution in [0.25, 0.3) is 5.69 Å². The number of para-hydroxylation sites is 1. The third-order valence-electron chi connectivity index (χ3n) is 2.48. The van der Waals surface area contributed by atoms with Crippen LogP contribution in [0.15, 0.2) is 38.9 Å². The lowest BCUT2D eigenvalue weighted by molar-refractivity contribution is 0.824. The largest absolute Gasteiger partial charge is 0.333 e. The van der Waals surface area contributed by atoms with Crippen molar-refractivity contribution in [1.82, 2.24) is 9.55 Å². The molecule has 19 heavy (non-hydrogen) atoms. The van der Waals surface area contributed by atoms with Crippen LogP contribution in [0, 0.1) is 11.3 Å². The van der Waals surface area contributed by atoms with Gasteiger partial charge in [0.2, 0.25) is 0 Å². The summed E-state index contributed by atoms with van der Waals surface area (Å²) in [5.41, 5.74) is -1.16. The number of thioether (sulfide) groups is 1. The van der Waals surface area contributed by atoms with Gasteiger partial charge in [-0.15, -0.1) is 11.8 Å². The van der Waals surface area contributed by atoms with Crippen LogP contribution in [-0.4, -0.2) is 15.8 Å². The molecule has 7 heteroatoms. The van der Waals surface area contributed by atoms with Crippen LogP contribution in [0.5, 0.6) is 0 Å². The van der Waals surface area contributed by atoms with Gasteiger partial charge in [-0.2, -0.15) is 5.26 Å². The molecule has 1 N–H and O–H groups in total. The number of aromatic nitrogens is 2. The SMILES string of the molecule is CSc1[nH]c(=O)n(-c2ccccc2Cl)c(=O)c1C#N. The minimum Gasteiger partial charge on any atom is -0.300 e. The Labute approximate surface area is 117 Å². The molecule has 2 aromatic rings. The maximum Gasteiger partial charge on any atom is 0.333 e. The molecule has 0 unspecified atom stereocenters. The smallest absolute Gasteiger partial charge is 0.300 e. The van der Waals surface area contributed by atoms with E-state index in [4.69, 9.17) is 16.9 Å². The highest BCUT2D eigenvalue weighted by Crippen LogP contribution is 2.18. The molecule has 1 aromatic heterocycles. The molecule has 5 nitrogen and oxygen atoms in total. The highest BCUT2D eigenvalue weighted by molar-refractivity contribution is 7.98. The second-order valence-electron chi connectivity index (χ2n) is 3.54. The molecule has 1 heterocycles. The summed E-state index contributed by atoms with van der Waals surface area (Å²) >= 11 is 7.10. The van der Waals surface area contributed by atoms with E-state index in [0.717, 1.165) is 16.3 Å². The van der Waals surface area contributed by atoms with Gasteiger partial charge in [-0.3, -0.25) is 4.79 Å². The van der Waals surface area contributed by atoms with E-state index in [0.29, 0.717) is 0 Å². The van der Waals surface area contributed by atoms with Crippen molar-refractivity contribution in [3.63, 3.8) is 0 Å². The van der Waals surface area contributed by atoms with Crippen LogP contribution in [0.1, 0.15) is 5.56 Å². The second-order valence-corrected chi connectivity index (χ2v) is 4.77. The van der Waals surface area contributed by atoms with Crippen molar-refractivity contribution in [2.24, 2.45) is 0 Å². The number of nitrogens with zero attached hydrogens (tertiary/aromatic N) is 2. The van der Waals surface area contributed by atoms with Crippen LogP contribution in [0.2, 0.25) is 5.02 Å². The van der Waals surface area contributed by atoms with Crippen LogP contribution in [0.4, 0.5) is 0 Å². The lowest BCUT2D eigenvalue weighted by Crippen LogP contribution is -2.36. The molecule has 0 spiro atoms. The molecule has 1 aromatic carbocycles. The number of hydrogen-bond donors (Lipinski definition) is 1. The molecule has 0 saturated carbocycles. The Morgan fingerprint density at radius 1 is 1.37 bits per heavy atom. The zero-order valence-electron chi connectivity index (χ0n) is 9.81. The Morgan fingerprint density at radius 3 is 2.63 bits per heavy atom. The predicted molar refractivity (Wildman–Crippen MR) is 74.2 cm³/mol. The van der Waals surface area contributed by atoms with Gasteiger partial charge in [0.25, 0.3) is 5.56 Å². The number of nitrogens with one attached hydrogen (secondary N) is 1. The standard InChI is InChI=1S/C12H8ClN3O2S/c1-19-10-7(6-14)11(17)16(12(18)15-10)9-5-3-2-4-8(9)13/h2-5H,1H3,(H,15,18). The van der Waals surface area contributed by atoms with Crippen molar-refractivity contribution < 1.29 is 0 Å². The van der Waals surface area contributed by atoms with E-state index in [-0.39, 0.29) is 21.3 Å². The number of rotatable bonds is 2.